The average Bonchev–Trinajstić information content (AvgIpc) is 3.12. The fourth-order valence-corrected chi connectivity index (χ4v) is 3.24. The van der Waals surface area contributed by atoms with Gasteiger partial charge in [-0.1, -0.05) is 37.5 Å². The van der Waals surface area contributed by atoms with Gasteiger partial charge >= 0.3 is 5.97 Å². The van der Waals surface area contributed by atoms with Gasteiger partial charge in [-0.25, -0.2) is 4.79 Å². The zero-order valence-corrected chi connectivity index (χ0v) is 13.6. The van der Waals surface area contributed by atoms with Crippen molar-refractivity contribution in [3.05, 3.63) is 42.2 Å². The molecule has 0 spiro atoms. The van der Waals surface area contributed by atoms with Gasteiger partial charge in [0.2, 0.25) is 0 Å². The van der Waals surface area contributed by atoms with Crippen molar-refractivity contribution in [2.75, 3.05) is 7.05 Å². The predicted octanol–water partition coefficient (Wildman–Crippen LogP) is 2.13. The molecule has 1 fully saturated rings. The molecule has 1 saturated carbocycles. The first-order chi connectivity index (χ1) is 11.5. The quantitative estimate of drug-likeness (QED) is 0.929. The maximum absolute atomic E-state index is 12.7. The van der Waals surface area contributed by atoms with Gasteiger partial charge in [-0.3, -0.25) is 4.79 Å². The number of hydrogen-bond donors (Lipinski definition) is 1. The van der Waals surface area contributed by atoms with E-state index in [-0.39, 0.29) is 5.69 Å². The van der Waals surface area contributed by atoms with Crippen LogP contribution in [0.1, 0.15) is 42.6 Å². The highest BCUT2D eigenvalue weighted by molar-refractivity contribution is 5.96. The molecule has 0 unspecified atom stereocenters. The summed E-state index contributed by atoms with van der Waals surface area (Å²) < 4.78 is 0. The molecule has 2 aromatic rings. The van der Waals surface area contributed by atoms with Gasteiger partial charge < -0.3 is 10.0 Å². The Hall–Kier alpha value is -2.70. The Morgan fingerprint density at radius 2 is 1.83 bits per heavy atom. The lowest BCUT2D eigenvalue weighted by atomic mass is 9.80. The zero-order chi connectivity index (χ0) is 17.2. The van der Waals surface area contributed by atoms with E-state index < -0.39 is 17.4 Å². The maximum Gasteiger partial charge on any atom is 0.329 e. The van der Waals surface area contributed by atoms with Crippen LogP contribution in [0.3, 0.4) is 0 Å². The highest BCUT2D eigenvalue weighted by Crippen LogP contribution is 2.34. The smallest absolute Gasteiger partial charge is 0.329 e. The molecule has 126 valence electrons. The monoisotopic (exact) mass is 328 g/mol. The van der Waals surface area contributed by atoms with Crippen molar-refractivity contribution in [1.82, 2.24) is 19.9 Å². The highest BCUT2D eigenvalue weighted by Gasteiger charge is 2.46. The molecule has 0 aliphatic heterocycles. The van der Waals surface area contributed by atoms with E-state index in [0.717, 1.165) is 24.9 Å². The van der Waals surface area contributed by atoms with Crippen LogP contribution < -0.4 is 0 Å². The number of carboxylic acids is 1. The summed E-state index contributed by atoms with van der Waals surface area (Å²) in [5, 5.41) is 18.0. The van der Waals surface area contributed by atoms with Gasteiger partial charge in [0.1, 0.15) is 5.54 Å². The third kappa shape index (κ3) is 2.77. The Labute approximate surface area is 139 Å². The summed E-state index contributed by atoms with van der Waals surface area (Å²) in [6, 6.07) is 9.25. The number of carboxylic acid groups (broad SMARTS) is 1. The Kier molecular flexibility index (Phi) is 4.33. The van der Waals surface area contributed by atoms with Gasteiger partial charge in [0.15, 0.2) is 5.69 Å². The van der Waals surface area contributed by atoms with Crippen LogP contribution in [0.25, 0.3) is 5.69 Å². The molecule has 1 heterocycles. The first-order valence-electron chi connectivity index (χ1n) is 8.04. The largest absolute Gasteiger partial charge is 0.479 e. The van der Waals surface area contributed by atoms with Gasteiger partial charge in [0, 0.05) is 7.05 Å². The molecule has 1 aromatic carbocycles. The first-order valence-corrected chi connectivity index (χ1v) is 8.04. The summed E-state index contributed by atoms with van der Waals surface area (Å²) in [6.45, 7) is 0. The number of likely N-dealkylation sites (N-methyl/N-ethyl adjacent to an activating group) is 1. The Bertz CT molecular complexity index is 735. The van der Waals surface area contributed by atoms with Crippen LogP contribution in [0.15, 0.2) is 36.5 Å². The van der Waals surface area contributed by atoms with Crippen LogP contribution >= 0.6 is 0 Å². The number of rotatable bonds is 4. The molecular formula is C17H20N4O3. The Morgan fingerprint density at radius 1 is 1.17 bits per heavy atom. The third-order valence-corrected chi connectivity index (χ3v) is 4.72. The van der Waals surface area contributed by atoms with E-state index in [1.165, 1.54) is 15.9 Å². The van der Waals surface area contributed by atoms with Crippen molar-refractivity contribution in [3.63, 3.8) is 0 Å². The molecule has 1 aliphatic carbocycles. The number of aromatic nitrogens is 3. The summed E-state index contributed by atoms with van der Waals surface area (Å²) in [5.74, 6) is -1.37. The van der Waals surface area contributed by atoms with Crippen LogP contribution in [0.5, 0.6) is 0 Å². The topological polar surface area (TPSA) is 88.3 Å². The average molecular weight is 328 g/mol. The van der Waals surface area contributed by atoms with Crippen molar-refractivity contribution in [2.24, 2.45) is 0 Å². The number of nitrogens with zero attached hydrogens (tertiary/aromatic N) is 4. The molecule has 0 atom stereocenters. The second kappa shape index (κ2) is 6.43. The van der Waals surface area contributed by atoms with Gasteiger partial charge in [-0.15, -0.1) is 5.10 Å². The lowest BCUT2D eigenvalue weighted by molar-refractivity contribution is -0.151. The molecule has 7 nitrogen and oxygen atoms in total. The van der Waals surface area contributed by atoms with Crippen LogP contribution in [-0.2, 0) is 4.79 Å². The molecule has 0 bridgehead atoms. The highest BCUT2D eigenvalue weighted by atomic mass is 16.4. The summed E-state index contributed by atoms with van der Waals surface area (Å²) in [4.78, 5) is 27.3. The number of hydrogen-bond acceptors (Lipinski definition) is 4. The van der Waals surface area contributed by atoms with E-state index in [1.807, 2.05) is 30.3 Å². The fraction of sp³-hybridized carbons (Fsp3) is 0.412. The number of benzene rings is 1. The van der Waals surface area contributed by atoms with Crippen LogP contribution in [-0.4, -0.2) is 49.5 Å². The molecule has 0 radical (unpaired) electrons. The van der Waals surface area contributed by atoms with Crippen LogP contribution in [0, 0.1) is 0 Å². The second-order valence-corrected chi connectivity index (χ2v) is 6.12. The molecule has 1 amide bonds. The van der Waals surface area contributed by atoms with E-state index in [9.17, 15) is 14.7 Å². The Balaban J connectivity index is 1.86. The normalized spacial score (nSPS) is 16.5. The minimum atomic E-state index is -1.15. The van der Waals surface area contributed by atoms with Crippen molar-refractivity contribution in [2.45, 2.75) is 37.6 Å². The van der Waals surface area contributed by atoms with Crippen molar-refractivity contribution in [3.8, 4) is 5.69 Å². The molecular weight excluding hydrogens is 308 g/mol. The fourth-order valence-electron chi connectivity index (χ4n) is 3.24. The summed E-state index contributed by atoms with van der Waals surface area (Å²) in [7, 11) is 1.54. The Morgan fingerprint density at radius 3 is 2.46 bits per heavy atom. The number of carbonyl (C=O) groups is 2. The minimum Gasteiger partial charge on any atom is -0.479 e. The summed E-state index contributed by atoms with van der Waals surface area (Å²) >= 11 is 0. The summed E-state index contributed by atoms with van der Waals surface area (Å²) in [5.41, 5.74) is -0.261. The first kappa shape index (κ1) is 16.2. The van der Waals surface area contributed by atoms with E-state index >= 15 is 0 Å². The minimum absolute atomic E-state index is 0.146. The van der Waals surface area contributed by atoms with Crippen LogP contribution in [0.4, 0.5) is 0 Å². The van der Waals surface area contributed by atoms with Gasteiger partial charge in [0.25, 0.3) is 5.91 Å². The number of carbonyl (C=O) groups excluding carboxylic acids is 1. The van der Waals surface area contributed by atoms with Gasteiger partial charge in [-0.05, 0) is 25.0 Å². The van der Waals surface area contributed by atoms with E-state index in [0.29, 0.717) is 12.8 Å². The van der Waals surface area contributed by atoms with Crippen molar-refractivity contribution < 1.29 is 14.7 Å². The lowest BCUT2D eigenvalue weighted by Gasteiger charge is -2.40. The molecule has 1 N–H and O–H groups in total. The molecule has 1 aliphatic rings. The van der Waals surface area contributed by atoms with Crippen molar-refractivity contribution in [1.29, 1.82) is 0 Å². The molecule has 7 heteroatoms. The van der Waals surface area contributed by atoms with Crippen LogP contribution in [0.2, 0.25) is 0 Å². The van der Waals surface area contributed by atoms with E-state index in [1.54, 1.807) is 7.05 Å². The summed E-state index contributed by atoms with van der Waals surface area (Å²) in [6.07, 6.45) is 4.93. The third-order valence-electron chi connectivity index (χ3n) is 4.72. The van der Waals surface area contributed by atoms with Crippen molar-refractivity contribution >= 4 is 11.9 Å². The molecule has 0 saturated heterocycles. The molecule has 3 rings (SSSR count). The van der Waals surface area contributed by atoms with Gasteiger partial charge in [0.05, 0.1) is 11.9 Å². The van der Waals surface area contributed by atoms with Gasteiger partial charge in [-0.2, -0.15) is 9.90 Å². The number of amides is 1. The standard InChI is InChI=1S/C17H20N4O3/c1-20(17(16(23)24)10-6-3-7-11-17)15(22)14-12-18-21(19-14)13-8-4-2-5-9-13/h2,4-5,8-9,12H,3,6-7,10-11H2,1H3,(H,23,24). The zero-order valence-electron chi connectivity index (χ0n) is 13.6. The predicted molar refractivity (Wildman–Crippen MR) is 86.9 cm³/mol. The van der Waals surface area contributed by atoms with E-state index in [4.69, 9.17) is 0 Å². The number of para-hydroxylation sites is 1. The molecule has 1 aromatic heterocycles. The molecule has 24 heavy (non-hydrogen) atoms. The maximum atomic E-state index is 12.7. The number of aliphatic carboxylic acids is 1. The van der Waals surface area contributed by atoms with E-state index in [2.05, 4.69) is 10.2 Å². The second-order valence-electron chi connectivity index (χ2n) is 6.12. The SMILES string of the molecule is CN(C(=O)c1cnn(-c2ccccc2)n1)C1(C(=O)O)CCCCC1. The lowest BCUT2D eigenvalue weighted by Crippen LogP contribution is -2.56.